The van der Waals surface area contributed by atoms with E-state index in [2.05, 4.69) is 43.9 Å². The molecule has 0 saturated carbocycles. The molecule has 0 amide bonds. The number of nitrogens with two attached hydrogens (primary N) is 1. The molecule has 2 aromatic heterocycles. The number of hydrogen-bond donors (Lipinski definition) is 1. The Morgan fingerprint density at radius 1 is 1.29 bits per heavy atom. The SMILES string of the molecule is C=C(C=CC(=C)c1nn(C(C)CCCC)c2ncnc(N)c12)CC. The Morgan fingerprint density at radius 2 is 2.04 bits per heavy atom. The third-order valence-electron chi connectivity index (χ3n) is 4.19. The van der Waals surface area contributed by atoms with Gasteiger partial charge in [-0.2, -0.15) is 5.10 Å². The van der Waals surface area contributed by atoms with E-state index in [-0.39, 0.29) is 6.04 Å². The molecule has 0 aliphatic carbocycles. The molecule has 0 aromatic carbocycles. The first-order valence-electron chi connectivity index (χ1n) is 8.53. The highest BCUT2D eigenvalue weighted by atomic mass is 15.3. The van der Waals surface area contributed by atoms with Gasteiger partial charge < -0.3 is 5.73 Å². The normalized spacial score (nSPS) is 12.8. The van der Waals surface area contributed by atoms with Gasteiger partial charge in [-0.25, -0.2) is 14.6 Å². The van der Waals surface area contributed by atoms with E-state index < -0.39 is 0 Å². The van der Waals surface area contributed by atoms with Crippen molar-refractivity contribution in [2.24, 2.45) is 0 Å². The first-order chi connectivity index (χ1) is 11.5. The van der Waals surface area contributed by atoms with Crippen LogP contribution in [0, 0.1) is 0 Å². The van der Waals surface area contributed by atoms with Crippen LogP contribution in [0.3, 0.4) is 0 Å². The van der Waals surface area contributed by atoms with E-state index in [1.807, 2.05) is 16.8 Å². The van der Waals surface area contributed by atoms with E-state index in [1.54, 1.807) is 0 Å². The molecule has 0 aliphatic rings. The first kappa shape index (κ1) is 17.9. The molecule has 1 atom stereocenters. The maximum atomic E-state index is 6.10. The van der Waals surface area contributed by atoms with Crippen LogP contribution >= 0.6 is 0 Å². The molecule has 0 aliphatic heterocycles. The van der Waals surface area contributed by atoms with Crippen LogP contribution < -0.4 is 5.73 Å². The highest BCUT2D eigenvalue weighted by Crippen LogP contribution is 2.30. The Morgan fingerprint density at radius 3 is 2.71 bits per heavy atom. The van der Waals surface area contributed by atoms with Crippen LogP contribution in [0.2, 0.25) is 0 Å². The zero-order valence-electron chi connectivity index (χ0n) is 14.9. The van der Waals surface area contributed by atoms with Crippen molar-refractivity contribution >= 4 is 22.4 Å². The van der Waals surface area contributed by atoms with Gasteiger partial charge in [0, 0.05) is 0 Å². The molecule has 5 nitrogen and oxygen atoms in total. The van der Waals surface area contributed by atoms with Crippen molar-refractivity contribution in [3.63, 3.8) is 0 Å². The molecular weight excluding hydrogens is 298 g/mol. The summed E-state index contributed by atoms with van der Waals surface area (Å²) >= 11 is 0. The lowest BCUT2D eigenvalue weighted by atomic mass is 10.1. The van der Waals surface area contributed by atoms with Crippen molar-refractivity contribution in [2.75, 3.05) is 5.73 Å². The number of fused-ring (bicyclic) bond motifs is 1. The molecule has 2 rings (SSSR count). The van der Waals surface area contributed by atoms with Crippen LogP contribution in [0.5, 0.6) is 0 Å². The topological polar surface area (TPSA) is 69.6 Å². The summed E-state index contributed by atoms with van der Waals surface area (Å²) in [5.41, 5.74) is 9.45. The van der Waals surface area contributed by atoms with Crippen molar-refractivity contribution in [3.05, 3.63) is 42.9 Å². The van der Waals surface area contributed by atoms with Crippen LogP contribution in [-0.2, 0) is 0 Å². The van der Waals surface area contributed by atoms with E-state index >= 15 is 0 Å². The number of allylic oxidation sites excluding steroid dienone is 4. The molecule has 1 unspecified atom stereocenters. The molecule has 0 fully saturated rings. The van der Waals surface area contributed by atoms with E-state index in [1.165, 1.54) is 6.33 Å². The second-order valence-corrected chi connectivity index (χ2v) is 6.11. The minimum Gasteiger partial charge on any atom is -0.383 e. The Labute approximate surface area is 144 Å². The van der Waals surface area contributed by atoms with Gasteiger partial charge in [-0.3, -0.25) is 0 Å². The average Bonchev–Trinajstić information content (AvgIpc) is 2.98. The summed E-state index contributed by atoms with van der Waals surface area (Å²) < 4.78 is 1.95. The standard InChI is InChI=1S/C19H27N5/c1-6-8-9-15(5)24-19-16(18(20)21-12-22-19)17(23-24)14(4)11-10-13(3)7-2/h10-12,15H,3-4,6-9H2,1-2,5H3,(H2,20,21,22). The van der Waals surface area contributed by atoms with Crippen molar-refractivity contribution < 1.29 is 0 Å². The summed E-state index contributed by atoms with van der Waals surface area (Å²) in [4.78, 5) is 8.54. The van der Waals surface area contributed by atoms with Crippen molar-refractivity contribution in [1.82, 2.24) is 19.7 Å². The number of hydrogen-bond acceptors (Lipinski definition) is 4. The van der Waals surface area contributed by atoms with Gasteiger partial charge in [-0.1, -0.05) is 57.6 Å². The molecule has 0 radical (unpaired) electrons. The van der Waals surface area contributed by atoms with E-state index in [0.29, 0.717) is 5.82 Å². The molecule has 2 aromatic rings. The van der Waals surface area contributed by atoms with E-state index in [4.69, 9.17) is 10.8 Å². The Hall–Kier alpha value is -2.43. The fourth-order valence-corrected chi connectivity index (χ4v) is 2.56. The molecular formula is C19H27N5. The summed E-state index contributed by atoms with van der Waals surface area (Å²) in [5.74, 6) is 0.438. The number of unbranched alkanes of at least 4 members (excludes halogenated alkanes) is 1. The Kier molecular flexibility index (Phi) is 5.90. The quantitative estimate of drug-likeness (QED) is 0.714. The van der Waals surface area contributed by atoms with Crippen LogP contribution in [-0.4, -0.2) is 19.7 Å². The summed E-state index contributed by atoms with van der Waals surface area (Å²) in [7, 11) is 0. The molecule has 24 heavy (non-hydrogen) atoms. The number of aromatic nitrogens is 4. The third-order valence-corrected chi connectivity index (χ3v) is 4.19. The maximum absolute atomic E-state index is 6.10. The van der Waals surface area contributed by atoms with Crippen LogP contribution in [0.4, 0.5) is 5.82 Å². The molecule has 2 N–H and O–H groups in total. The summed E-state index contributed by atoms with van der Waals surface area (Å²) in [6.07, 6.45) is 9.64. The predicted octanol–water partition coefficient (Wildman–Crippen LogP) is 4.70. The second kappa shape index (κ2) is 7.90. The van der Waals surface area contributed by atoms with E-state index in [0.717, 1.165) is 53.6 Å². The summed E-state index contributed by atoms with van der Waals surface area (Å²) in [6.45, 7) is 14.5. The fraction of sp³-hybridized carbons (Fsp3) is 0.421. The fourth-order valence-electron chi connectivity index (χ4n) is 2.56. The largest absolute Gasteiger partial charge is 0.383 e. The monoisotopic (exact) mass is 325 g/mol. The van der Waals surface area contributed by atoms with Gasteiger partial charge in [-0.15, -0.1) is 0 Å². The van der Waals surface area contributed by atoms with Crippen molar-refractivity contribution in [3.8, 4) is 0 Å². The molecule has 0 spiro atoms. The van der Waals surface area contributed by atoms with Gasteiger partial charge in [-0.05, 0) is 25.3 Å². The van der Waals surface area contributed by atoms with Gasteiger partial charge in [0.2, 0.25) is 0 Å². The maximum Gasteiger partial charge on any atom is 0.164 e. The number of anilines is 1. The van der Waals surface area contributed by atoms with Gasteiger partial charge in [0.1, 0.15) is 17.8 Å². The zero-order chi connectivity index (χ0) is 17.7. The van der Waals surface area contributed by atoms with Gasteiger partial charge in [0.05, 0.1) is 11.4 Å². The van der Waals surface area contributed by atoms with Gasteiger partial charge in [0.15, 0.2) is 5.65 Å². The van der Waals surface area contributed by atoms with Crippen LogP contribution in [0.15, 0.2) is 37.2 Å². The van der Waals surface area contributed by atoms with Gasteiger partial charge >= 0.3 is 0 Å². The molecule has 0 saturated heterocycles. The Bertz CT molecular complexity index is 769. The smallest absolute Gasteiger partial charge is 0.164 e. The predicted molar refractivity (Wildman–Crippen MR) is 102 cm³/mol. The lowest BCUT2D eigenvalue weighted by Crippen LogP contribution is -2.08. The molecule has 128 valence electrons. The second-order valence-electron chi connectivity index (χ2n) is 6.11. The number of nitrogen functional groups attached to an aromatic ring is 1. The lowest BCUT2D eigenvalue weighted by molar-refractivity contribution is 0.453. The minimum absolute atomic E-state index is 0.248. The Balaban J connectivity index is 2.48. The van der Waals surface area contributed by atoms with Crippen LogP contribution in [0.1, 0.15) is 58.2 Å². The highest BCUT2D eigenvalue weighted by Gasteiger charge is 2.19. The average molecular weight is 325 g/mol. The first-order valence-corrected chi connectivity index (χ1v) is 8.53. The molecule has 0 bridgehead atoms. The zero-order valence-corrected chi connectivity index (χ0v) is 14.9. The summed E-state index contributed by atoms with van der Waals surface area (Å²) in [5, 5.41) is 5.54. The van der Waals surface area contributed by atoms with Crippen molar-refractivity contribution in [1.29, 1.82) is 0 Å². The van der Waals surface area contributed by atoms with E-state index in [9.17, 15) is 0 Å². The minimum atomic E-state index is 0.248. The molecule has 2 heterocycles. The third kappa shape index (κ3) is 3.72. The van der Waals surface area contributed by atoms with Crippen molar-refractivity contribution in [2.45, 2.75) is 52.5 Å². The van der Waals surface area contributed by atoms with Gasteiger partial charge in [0.25, 0.3) is 0 Å². The molecule has 5 heteroatoms. The summed E-state index contributed by atoms with van der Waals surface area (Å²) in [6, 6.07) is 0.248. The number of nitrogens with zero attached hydrogens (tertiary/aromatic N) is 4. The number of rotatable bonds is 8. The van der Waals surface area contributed by atoms with Crippen LogP contribution in [0.25, 0.3) is 16.6 Å². The highest BCUT2D eigenvalue weighted by molar-refractivity contribution is 5.97. The lowest BCUT2D eigenvalue weighted by Gasteiger charge is -2.12.